The summed E-state index contributed by atoms with van der Waals surface area (Å²) in [5.74, 6) is 0.981. The first kappa shape index (κ1) is 17.8. The third kappa shape index (κ3) is 4.97. The largest absolute Gasteiger partial charge is 0.484 e. The number of anilines is 1. The van der Waals surface area contributed by atoms with Crippen LogP contribution >= 0.6 is 0 Å². The van der Waals surface area contributed by atoms with Crippen molar-refractivity contribution in [2.45, 2.75) is 18.9 Å². The number of benzene rings is 2. The van der Waals surface area contributed by atoms with Crippen LogP contribution in [0.2, 0.25) is 0 Å². The molecule has 1 heterocycles. The summed E-state index contributed by atoms with van der Waals surface area (Å²) in [5.41, 5.74) is 2.43. The molecule has 1 atom stereocenters. The summed E-state index contributed by atoms with van der Waals surface area (Å²) in [6.07, 6.45) is 2.16. The minimum atomic E-state index is 0.0555. The van der Waals surface area contributed by atoms with Gasteiger partial charge in [-0.3, -0.25) is 0 Å². The average molecular weight is 339 g/mol. The van der Waals surface area contributed by atoms with Gasteiger partial charge in [-0.15, -0.1) is 0 Å². The topological polar surface area (TPSA) is 36.5 Å². The van der Waals surface area contributed by atoms with Gasteiger partial charge in [-0.2, -0.15) is 0 Å². The monoisotopic (exact) mass is 339 g/mol. The van der Waals surface area contributed by atoms with E-state index in [4.69, 9.17) is 4.74 Å². The molecular formula is C21H29N3O. The smallest absolute Gasteiger partial charge is 0.143 e. The van der Waals surface area contributed by atoms with Crippen LogP contribution in [0.15, 0.2) is 54.6 Å². The molecule has 1 aliphatic rings. The van der Waals surface area contributed by atoms with Crippen molar-refractivity contribution < 1.29 is 4.74 Å². The fraction of sp³-hybridized carbons (Fsp3) is 0.429. The summed E-state index contributed by atoms with van der Waals surface area (Å²) in [4.78, 5) is 2.44. The van der Waals surface area contributed by atoms with E-state index in [1.54, 1.807) is 0 Å². The SMILES string of the molecule is CNCCC(Oc1ccccc1N1CCCNCC1)c1ccccc1. The molecular weight excluding hydrogens is 310 g/mol. The molecule has 25 heavy (non-hydrogen) atoms. The third-order valence-electron chi connectivity index (χ3n) is 4.64. The number of nitrogens with zero attached hydrogens (tertiary/aromatic N) is 1. The van der Waals surface area contributed by atoms with E-state index >= 15 is 0 Å². The van der Waals surface area contributed by atoms with Gasteiger partial charge < -0.3 is 20.3 Å². The molecule has 4 nitrogen and oxygen atoms in total. The molecule has 2 aromatic carbocycles. The predicted octanol–water partition coefficient (Wildman–Crippen LogP) is 3.22. The van der Waals surface area contributed by atoms with Gasteiger partial charge in [0.05, 0.1) is 5.69 Å². The van der Waals surface area contributed by atoms with Gasteiger partial charge in [0.25, 0.3) is 0 Å². The van der Waals surface area contributed by atoms with Gasteiger partial charge in [-0.1, -0.05) is 42.5 Å². The summed E-state index contributed by atoms with van der Waals surface area (Å²) in [7, 11) is 1.99. The molecule has 134 valence electrons. The second-order valence-corrected chi connectivity index (χ2v) is 6.47. The molecule has 0 amide bonds. The Hall–Kier alpha value is -2.04. The second-order valence-electron chi connectivity index (χ2n) is 6.47. The van der Waals surface area contributed by atoms with Crippen LogP contribution in [-0.4, -0.2) is 39.8 Å². The Labute approximate surface area is 151 Å². The molecule has 2 aromatic rings. The van der Waals surface area contributed by atoms with Crippen molar-refractivity contribution in [1.29, 1.82) is 0 Å². The molecule has 1 saturated heterocycles. The van der Waals surface area contributed by atoms with E-state index in [0.717, 1.165) is 51.3 Å². The highest BCUT2D eigenvalue weighted by Crippen LogP contribution is 2.33. The molecule has 4 heteroatoms. The lowest BCUT2D eigenvalue weighted by atomic mass is 10.1. The Bertz CT molecular complexity index is 624. The molecule has 2 N–H and O–H groups in total. The van der Waals surface area contributed by atoms with Gasteiger partial charge in [0.1, 0.15) is 11.9 Å². The van der Waals surface area contributed by atoms with E-state index in [-0.39, 0.29) is 6.10 Å². The summed E-state index contributed by atoms with van der Waals surface area (Å²) >= 11 is 0. The highest BCUT2D eigenvalue weighted by atomic mass is 16.5. The van der Waals surface area contributed by atoms with E-state index in [2.05, 4.69) is 70.1 Å². The third-order valence-corrected chi connectivity index (χ3v) is 4.64. The number of rotatable bonds is 7. The number of ether oxygens (including phenoxy) is 1. The van der Waals surface area contributed by atoms with Crippen molar-refractivity contribution in [2.24, 2.45) is 0 Å². The summed E-state index contributed by atoms with van der Waals surface area (Å²) in [5, 5.41) is 6.71. The van der Waals surface area contributed by atoms with Crippen LogP contribution in [-0.2, 0) is 0 Å². The van der Waals surface area contributed by atoms with Crippen LogP contribution in [0.25, 0.3) is 0 Å². The van der Waals surface area contributed by atoms with E-state index in [1.807, 2.05) is 7.05 Å². The quantitative estimate of drug-likeness (QED) is 0.812. The lowest BCUT2D eigenvalue weighted by Gasteiger charge is -2.27. The first-order valence-corrected chi connectivity index (χ1v) is 9.29. The lowest BCUT2D eigenvalue weighted by Crippen LogP contribution is -2.28. The molecule has 0 spiro atoms. The zero-order chi connectivity index (χ0) is 17.3. The molecule has 0 bridgehead atoms. The van der Waals surface area contributed by atoms with Crippen molar-refractivity contribution >= 4 is 5.69 Å². The van der Waals surface area contributed by atoms with Crippen molar-refractivity contribution in [3.8, 4) is 5.75 Å². The number of hydrogen-bond donors (Lipinski definition) is 2. The fourth-order valence-electron chi connectivity index (χ4n) is 3.29. The van der Waals surface area contributed by atoms with Crippen LogP contribution in [0.3, 0.4) is 0 Å². The van der Waals surface area contributed by atoms with Gasteiger partial charge in [0, 0.05) is 26.1 Å². The Balaban J connectivity index is 1.81. The molecule has 0 saturated carbocycles. The van der Waals surface area contributed by atoms with Gasteiger partial charge in [-0.05, 0) is 44.3 Å². The molecule has 1 aliphatic heterocycles. The van der Waals surface area contributed by atoms with E-state index in [1.165, 1.54) is 11.3 Å². The summed E-state index contributed by atoms with van der Waals surface area (Å²) in [6.45, 7) is 5.13. The zero-order valence-corrected chi connectivity index (χ0v) is 15.1. The lowest BCUT2D eigenvalue weighted by molar-refractivity contribution is 0.195. The van der Waals surface area contributed by atoms with Gasteiger partial charge in [0.2, 0.25) is 0 Å². The maximum Gasteiger partial charge on any atom is 0.143 e. The standard InChI is InChI=1S/C21H29N3O/c1-22-14-12-20(18-8-3-2-4-9-18)25-21-11-6-5-10-19(21)24-16-7-13-23-15-17-24/h2-6,8-11,20,22-23H,7,12-17H2,1H3. The van der Waals surface area contributed by atoms with E-state index in [0.29, 0.717) is 0 Å². The molecule has 1 fully saturated rings. The van der Waals surface area contributed by atoms with Gasteiger partial charge >= 0.3 is 0 Å². The first-order chi connectivity index (χ1) is 12.4. The van der Waals surface area contributed by atoms with Crippen LogP contribution in [0.1, 0.15) is 24.5 Å². The average Bonchev–Trinajstić information content (AvgIpc) is 2.95. The van der Waals surface area contributed by atoms with Crippen molar-refractivity contribution in [3.63, 3.8) is 0 Å². The molecule has 0 radical (unpaired) electrons. The van der Waals surface area contributed by atoms with Gasteiger partial charge in [-0.25, -0.2) is 0 Å². The van der Waals surface area contributed by atoms with Gasteiger partial charge in [0.15, 0.2) is 0 Å². The zero-order valence-electron chi connectivity index (χ0n) is 15.1. The van der Waals surface area contributed by atoms with E-state index < -0.39 is 0 Å². The minimum absolute atomic E-state index is 0.0555. The Kier molecular flexibility index (Phi) is 6.71. The maximum absolute atomic E-state index is 6.53. The summed E-state index contributed by atoms with van der Waals surface area (Å²) in [6, 6.07) is 19.0. The van der Waals surface area contributed by atoms with Crippen LogP contribution in [0, 0.1) is 0 Å². The Morgan fingerprint density at radius 1 is 1.04 bits per heavy atom. The maximum atomic E-state index is 6.53. The molecule has 0 aliphatic carbocycles. The number of para-hydroxylation sites is 2. The molecule has 1 unspecified atom stereocenters. The highest BCUT2D eigenvalue weighted by molar-refractivity contribution is 5.58. The van der Waals surface area contributed by atoms with Crippen LogP contribution in [0.4, 0.5) is 5.69 Å². The first-order valence-electron chi connectivity index (χ1n) is 9.29. The minimum Gasteiger partial charge on any atom is -0.484 e. The van der Waals surface area contributed by atoms with Crippen molar-refractivity contribution in [1.82, 2.24) is 10.6 Å². The van der Waals surface area contributed by atoms with Crippen LogP contribution < -0.4 is 20.3 Å². The molecule has 0 aromatic heterocycles. The summed E-state index contributed by atoms with van der Waals surface area (Å²) < 4.78 is 6.53. The molecule has 3 rings (SSSR count). The number of nitrogens with one attached hydrogen (secondary N) is 2. The normalized spacial score (nSPS) is 16.3. The Morgan fingerprint density at radius 3 is 2.68 bits per heavy atom. The predicted molar refractivity (Wildman–Crippen MR) is 104 cm³/mol. The number of hydrogen-bond acceptors (Lipinski definition) is 4. The van der Waals surface area contributed by atoms with Crippen molar-refractivity contribution in [2.75, 3.05) is 44.7 Å². The van der Waals surface area contributed by atoms with Crippen molar-refractivity contribution in [3.05, 3.63) is 60.2 Å². The second kappa shape index (κ2) is 9.44. The van der Waals surface area contributed by atoms with Crippen LogP contribution in [0.5, 0.6) is 5.75 Å². The Morgan fingerprint density at radius 2 is 1.84 bits per heavy atom. The van der Waals surface area contributed by atoms with E-state index in [9.17, 15) is 0 Å². The fourth-order valence-corrected chi connectivity index (χ4v) is 3.29. The highest BCUT2D eigenvalue weighted by Gasteiger charge is 2.18.